The fraction of sp³-hybridized carbons (Fsp3) is 0.263. The Balaban J connectivity index is 1.67. The average Bonchev–Trinajstić information content (AvgIpc) is 3.31. The van der Waals surface area contributed by atoms with Crippen molar-refractivity contribution in [2.24, 2.45) is 5.92 Å². The summed E-state index contributed by atoms with van der Waals surface area (Å²) in [6, 6.07) is 7.94. The number of nitrogens with zero attached hydrogens (tertiary/aromatic N) is 4. The summed E-state index contributed by atoms with van der Waals surface area (Å²) in [5, 5.41) is 16.3. The molecule has 3 heterocycles. The normalized spacial score (nSPS) is 11.5. The van der Waals surface area contributed by atoms with Crippen LogP contribution in [0.25, 0.3) is 33.1 Å². The van der Waals surface area contributed by atoms with Crippen LogP contribution in [0.15, 0.2) is 36.7 Å². The fourth-order valence-corrected chi connectivity index (χ4v) is 3.04. The Morgan fingerprint density at radius 3 is 2.89 bits per heavy atom. The van der Waals surface area contributed by atoms with Gasteiger partial charge in [0.05, 0.1) is 17.8 Å². The number of nitrogens with one attached hydrogen (secondary N) is 2. The second-order valence-corrected chi connectivity index (χ2v) is 6.80. The molecule has 1 aromatic carbocycles. The number of anilines is 1. The second-order valence-electron chi connectivity index (χ2n) is 6.80. The smallest absolute Gasteiger partial charge is 0.222 e. The number of pyridine rings is 1. The fourth-order valence-electron chi connectivity index (χ4n) is 3.04. The first-order valence-corrected chi connectivity index (χ1v) is 8.87. The minimum absolute atomic E-state index is 0.0321. The lowest BCUT2D eigenvalue weighted by molar-refractivity contribution is -0.124. The third-order valence-electron chi connectivity index (χ3n) is 4.51. The topological polar surface area (TPSA) is 115 Å². The number of nitrogens with two attached hydrogens (primary N) is 1. The van der Waals surface area contributed by atoms with Gasteiger partial charge < -0.3 is 11.1 Å². The summed E-state index contributed by atoms with van der Waals surface area (Å²) in [5.41, 5.74) is 9.54. The molecule has 138 valence electrons. The number of benzene rings is 1. The molecular weight excluding hydrogens is 342 g/mol. The Morgan fingerprint density at radius 2 is 2.15 bits per heavy atom. The van der Waals surface area contributed by atoms with Gasteiger partial charge in [-0.1, -0.05) is 26.0 Å². The Hall–Kier alpha value is -3.42. The van der Waals surface area contributed by atoms with Crippen LogP contribution in [0.2, 0.25) is 0 Å². The molecule has 27 heavy (non-hydrogen) atoms. The molecule has 0 aliphatic rings. The van der Waals surface area contributed by atoms with Crippen LogP contribution in [-0.2, 0) is 11.3 Å². The summed E-state index contributed by atoms with van der Waals surface area (Å²) >= 11 is 0. The van der Waals surface area contributed by atoms with Gasteiger partial charge in [-0.15, -0.1) is 0 Å². The molecule has 0 radical (unpaired) electrons. The van der Waals surface area contributed by atoms with Gasteiger partial charge in [0.25, 0.3) is 0 Å². The molecule has 0 saturated carbocycles. The number of H-pyrrole nitrogens is 1. The van der Waals surface area contributed by atoms with Gasteiger partial charge in [-0.3, -0.25) is 14.6 Å². The number of hydrogen-bond donors (Lipinski definition) is 3. The summed E-state index contributed by atoms with van der Waals surface area (Å²) < 4.78 is 1.80. The first-order valence-electron chi connectivity index (χ1n) is 8.87. The number of aromatic amines is 1. The van der Waals surface area contributed by atoms with Crippen molar-refractivity contribution < 1.29 is 4.79 Å². The summed E-state index contributed by atoms with van der Waals surface area (Å²) in [7, 11) is 0. The Morgan fingerprint density at radius 1 is 1.30 bits per heavy atom. The lowest BCUT2D eigenvalue weighted by Gasteiger charge is -2.07. The van der Waals surface area contributed by atoms with Crippen molar-refractivity contribution in [1.82, 2.24) is 30.3 Å². The predicted octanol–water partition coefficient (Wildman–Crippen LogP) is 2.33. The molecule has 0 bridgehead atoms. The molecule has 0 aliphatic heterocycles. The Kier molecular flexibility index (Phi) is 4.23. The number of fused-ring (bicyclic) bond motifs is 3. The van der Waals surface area contributed by atoms with Crippen LogP contribution in [0.1, 0.15) is 13.8 Å². The van der Waals surface area contributed by atoms with Gasteiger partial charge in [-0.25, -0.2) is 4.98 Å². The summed E-state index contributed by atoms with van der Waals surface area (Å²) in [4.78, 5) is 16.2. The number of aromatic nitrogens is 5. The van der Waals surface area contributed by atoms with E-state index in [0.29, 0.717) is 24.4 Å². The third-order valence-corrected chi connectivity index (χ3v) is 4.51. The van der Waals surface area contributed by atoms with Crippen molar-refractivity contribution in [1.29, 1.82) is 0 Å². The number of carbonyl (C=O) groups is 1. The van der Waals surface area contributed by atoms with E-state index in [0.717, 1.165) is 27.5 Å². The largest absolute Gasteiger partial charge is 0.382 e. The van der Waals surface area contributed by atoms with Crippen LogP contribution in [0, 0.1) is 5.92 Å². The maximum Gasteiger partial charge on any atom is 0.222 e. The lowest BCUT2D eigenvalue weighted by atomic mass is 10.1. The molecule has 8 heteroatoms. The number of carbonyl (C=O) groups excluding carboxylic acids is 1. The molecule has 3 aromatic heterocycles. The maximum absolute atomic E-state index is 11.7. The quantitative estimate of drug-likeness (QED) is 0.503. The van der Waals surface area contributed by atoms with Crippen molar-refractivity contribution in [3.05, 3.63) is 36.7 Å². The van der Waals surface area contributed by atoms with E-state index < -0.39 is 0 Å². The van der Waals surface area contributed by atoms with Gasteiger partial charge in [0.1, 0.15) is 5.52 Å². The lowest BCUT2D eigenvalue weighted by Crippen LogP contribution is -2.30. The van der Waals surface area contributed by atoms with Crippen LogP contribution in [0.5, 0.6) is 0 Å². The first-order chi connectivity index (χ1) is 13.0. The highest BCUT2D eigenvalue weighted by molar-refractivity contribution is 6.08. The Bertz CT molecular complexity index is 1110. The average molecular weight is 363 g/mol. The van der Waals surface area contributed by atoms with E-state index in [1.807, 2.05) is 44.3 Å². The van der Waals surface area contributed by atoms with E-state index in [1.54, 1.807) is 10.9 Å². The highest BCUT2D eigenvalue weighted by atomic mass is 16.1. The number of nitrogen functional groups attached to an aromatic ring is 1. The zero-order valence-electron chi connectivity index (χ0n) is 15.2. The number of amides is 1. The van der Waals surface area contributed by atoms with Crippen molar-refractivity contribution in [2.45, 2.75) is 20.4 Å². The van der Waals surface area contributed by atoms with Gasteiger partial charge >= 0.3 is 0 Å². The highest BCUT2D eigenvalue weighted by Gasteiger charge is 2.12. The van der Waals surface area contributed by atoms with Gasteiger partial charge in [-0.05, 0) is 12.1 Å². The van der Waals surface area contributed by atoms with Crippen LogP contribution < -0.4 is 11.1 Å². The van der Waals surface area contributed by atoms with Crippen molar-refractivity contribution >= 4 is 33.5 Å². The summed E-state index contributed by atoms with van der Waals surface area (Å²) in [6.07, 6.45) is 3.67. The monoisotopic (exact) mass is 363 g/mol. The molecule has 0 atom stereocenters. The SMILES string of the molecule is CC(C)C(=O)NCCn1cc2c(n1)c(N)nc1cc(-c3ccn[nH]3)ccc12. The summed E-state index contributed by atoms with van der Waals surface area (Å²) in [5.74, 6) is 0.392. The molecule has 4 aromatic rings. The molecule has 4 rings (SSSR count). The van der Waals surface area contributed by atoms with E-state index in [4.69, 9.17) is 5.73 Å². The van der Waals surface area contributed by atoms with Crippen molar-refractivity contribution in [3.63, 3.8) is 0 Å². The minimum atomic E-state index is -0.0328. The van der Waals surface area contributed by atoms with E-state index in [1.165, 1.54) is 0 Å². The number of rotatable bonds is 5. The number of hydrogen-bond acceptors (Lipinski definition) is 5. The van der Waals surface area contributed by atoms with Gasteiger partial charge in [0.15, 0.2) is 5.82 Å². The first kappa shape index (κ1) is 17.0. The standard InChI is InChI=1S/C19H21N7O/c1-11(2)19(27)21-7-8-26-10-14-13-4-3-12(15-5-6-22-24-15)9-16(13)23-18(20)17(14)25-26/h3-6,9-11H,7-8H2,1-2H3,(H2,20,23)(H,21,27)(H,22,24). The molecule has 0 unspecified atom stereocenters. The molecule has 4 N–H and O–H groups in total. The molecule has 0 aliphatic carbocycles. The van der Waals surface area contributed by atoms with E-state index in [-0.39, 0.29) is 11.8 Å². The third kappa shape index (κ3) is 3.21. The molecule has 0 spiro atoms. The van der Waals surface area contributed by atoms with Gasteiger partial charge in [0, 0.05) is 41.2 Å². The van der Waals surface area contributed by atoms with Crippen molar-refractivity contribution in [3.8, 4) is 11.3 Å². The second kappa shape index (κ2) is 6.71. The molecule has 8 nitrogen and oxygen atoms in total. The van der Waals surface area contributed by atoms with Crippen LogP contribution in [0.4, 0.5) is 5.82 Å². The van der Waals surface area contributed by atoms with Crippen LogP contribution in [-0.4, -0.2) is 37.4 Å². The minimum Gasteiger partial charge on any atom is -0.382 e. The molecule has 0 saturated heterocycles. The molecule has 0 fully saturated rings. The zero-order chi connectivity index (χ0) is 19.0. The highest BCUT2D eigenvalue weighted by Crippen LogP contribution is 2.29. The van der Waals surface area contributed by atoms with E-state index in [2.05, 4.69) is 25.6 Å². The molecular formula is C19H21N7O. The summed E-state index contributed by atoms with van der Waals surface area (Å²) in [6.45, 7) is 4.82. The van der Waals surface area contributed by atoms with E-state index >= 15 is 0 Å². The van der Waals surface area contributed by atoms with Gasteiger partial charge in [0.2, 0.25) is 5.91 Å². The molecule has 1 amide bonds. The zero-order valence-corrected chi connectivity index (χ0v) is 15.2. The predicted molar refractivity (Wildman–Crippen MR) is 105 cm³/mol. The maximum atomic E-state index is 11.7. The Labute approximate surface area is 155 Å². The van der Waals surface area contributed by atoms with E-state index in [9.17, 15) is 4.79 Å². The van der Waals surface area contributed by atoms with Crippen LogP contribution >= 0.6 is 0 Å². The van der Waals surface area contributed by atoms with Crippen molar-refractivity contribution in [2.75, 3.05) is 12.3 Å². The van der Waals surface area contributed by atoms with Crippen LogP contribution in [0.3, 0.4) is 0 Å². The van der Waals surface area contributed by atoms with Gasteiger partial charge in [-0.2, -0.15) is 10.2 Å².